The van der Waals surface area contributed by atoms with Gasteiger partial charge in [-0.25, -0.2) is 0 Å². The van der Waals surface area contributed by atoms with Crippen LogP contribution in [-0.2, 0) is 12.7 Å². The minimum Gasteiger partial charge on any atom is -0.334 e. The van der Waals surface area contributed by atoms with Gasteiger partial charge in [0, 0.05) is 18.7 Å². The summed E-state index contributed by atoms with van der Waals surface area (Å²) in [6, 6.07) is 3.44. The molecule has 1 amide bonds. The molecular formula is C13H12F3NO. The van der Waals surface area contributed by atoms with Gasteiger partial charge in [0.05, 0.1) is 5.56 Å². The lowest BCUT2D eigenvalue weighted by atomic mass is 10.1. The number of amides is 1. The lowest BCUT2D eigenvalue weighted by Gasteiger charge is -2.14. The minimum absolute atomic E-state index is 0.213. The Morgan fingerprint density at radius 3 is 2.61 bits per heavy atom. The van der Waals surface area contributed by atoms with Crippen LogP contribution in [0.4, 0.5) is 13.2 Å². The van der Waals surface area contributed by atoms with E-state index in [9.17, 15) is 18.0 Å². The smallest absolute Gasteiger partial charge is 0.334 e. The first-order chi connectivity index (χ1) is 8.45. The Kier molecular flexibility index (Phi) is 2.40. The van der Waals surface area contributed by atoms with E-state index in [0.29, 0.717) is 24.6 Å². The second kappa shape index (κ2) is 3.73. The summed E-state index contributed by atoms with van der Waals surface area (Å²) in [6.07, 6.45) is -2.15. The van der Waals surface area contributed by atoms with E-state index < -0.39 is 11.7 Å². The van der Waals surface area contributed by atoms with E-state index in [1.54, 1.807) is 4.90 Å². The van der Waals surface area contributed by atoms with Crippen LogP contribution < -0.4 is 0 Å². The van der Waals surface area contributed by atoms with E-state index in [1.807, 2.05) is 0 Å². The molecule has 5 heteroatoms. The highest BCUT2D eigenvalue weighted by molar-refractivity contribution is 5.98. The summed E-state index contributed by atoms with van der Waals surface area (Å²) in [5.41, 5.74) is 0.169. The van der Waals surface area contributed by atoms with Gasteiger partial charge in [-0.3, -0.25) is 4.79 Å². The third kappa shape index (κ3) is 1.98. The van der Waals surface area contributed by atoms with E-state index in [2.05, 4.69) is 0 Å². The molecule has 0 N–H and O–H groups in total. The molecule has 0 radical (unpaired) electrons. The van der Waals surface area contributed by atoms with Crippen molar-refractivity contribution in [2.75, 3.05) is 6.54 Å². The van der Waals surface area contributed by atoms with Gasteiger partial charge in [-0.2, -0.15) is 13.2 Å². The molecule has 1 aliphatic heterocycles. The molecule has 1 fully saturated rings. The number of carbonyl (C=O) groups is 1. The number of fused-ring (bicyclic) bond motifs is 1. The molecule has 0 bridgehead atoms. The Hall–Kier alpha value is -1.52. The van der Waals surface area contributed by atoms with Crippen molar-refractivity contribution in [1.29, 1.82) is 0 Å². The molecule has 1 aromatic rings. The first kappa shape index (κ1) is 11.6. The fraction of sp³-hybridized carbons (Fsp3) is 0.462. The quantitative estimate of drug-likeness (QED) is 0.795. The number of alkyl halides is 3. The monoisotopic (exact) mass is 255 g/mol. The molecule has 3 rings (SSSR count). The second-order valence-corrected chi connectivity index (χ2v) is 5.00. The summed E-state index contributed by atoms with van der Waals surface area (Å²) in [6.45, 7) is 1.12. The van der Waals surface area contributed by atoms with Crippen molar-refractivity contribution in [2.45, 2.75) is 25.6 Å². The zero-order valence-corrected chi connectivity index (χ0v) is 9.63. The predicted molar refractivity (Wildman–Crippen MR) is 58.9 cm³/mol. The normalized spacial score (nSPS) is 19.3. The van der Waals surface area contributed by atoms with Crippen LogP contribution >= 0.6 is 0 Å². The molecule has 18 heavy (non-hydrogen) atoms. The number of carbonyl (C=O) groups excluding carboxylic acids is 1. The highest BCUT2D eigenvalue weighted by atomic mass is 19.4. The molecule has 0 unspecified atom stereocenters. The van der Waals surface area contributed by atoms with Crippen molar-refractivity contribution in [3.05, 3.63) is 34.9 Å². The summed E-state index contributed by atoms with van der Waals surface area (Å²) in [5, 5.41) is 0. The van der Waals surface area contributed by atoms with Crippen molar-refractivity contribution in [1.82, 2.24) is 4.90 Å². The van der Waals surface area contributed by atoms with Gasteiger partial charge in [-0.1, -0.05) is 6.07 Å². The fourth-order valence-corrected chi connectivity index (χ4v) is 2.30. The third-order valence-corrected chi connectivity index (χ3v) is 3.49. The maximum absolute atomic E-state index is 12.6. The molecule has 2 aliphatic rings. The van der Waals surface area contributed by atoms with Gasteiger partial charge in [0.1, 0.15) is 0 Å². The lowest BCUT2D eigenvalue weighted by molar-refractivity contribution is -0.137. The van der Waals surface area contributed by atoms with E-state index in [0.717, 1.165) is 25.0 Å². The Balaban J connectivity index is 1.88. The summed E-state index contributed by atoms with van der Waals surface area (Å²) in [5.74, 6) is 0.286. The molecule has 0 spiro atoms. The third-order valence-electron chi connectivity index (χ3n) is 3.49. The van der Waals surface area contributed by atoms with Gasteiger partial charge >= 0.3 is 6.18 Å². The number of nitrogens with zero attached hydrogens (tertiary/aromatic N) is 1. The Morgan fingerprint density at radius 1 is 1.28 bits per heavy atom. The molecule has 1 heterocycles. The highest BCUT2D eigenvalue weighted by Gasteiger charge is 2.36. The summed E-state index contributed by atoms with van der Waals surface area (Å²) < 4.78 is 37.7. The van der Waals surface area contributed by atoms with E-state index in [-0.39, 0.29) is 11.5 Å². The highest BCUT2D eigenvalue weighted by Crippen LogP contribution is 2.35. The van der Waals surface area contributed by atoms with Crippen LogP contribution in [0.15, 0.2) is 18.2 Å². The van der Waals surface area contributed by atoms with Gasteiger partial charge in [0.25, 0.3) is 5.91 Å². The largest absolute Gasteiger partial charge is 0.416 e. The van der Waals surface area contributed by atoms with Crippen LogP contribution in [0.5, 0.6) is 0 Å². The van der Waals surface area contributed by atoms with Crippen LogP contribution in [0.3, 0.4) is 0 Å². The van der Waals surface area contributed by atoms with Crippen molar-refractivity contribution in [2.24, 2.45) is 5.92 Å². The maximum atomic E-state index is 12.6. The molecule has 2 nitrogen and oxygen atoms in total. The first-order valence-corrected chi connectivity index (χ1v) is 5.94. The van der Waals surface area contributed by atoms with Crippen LogP contribution in [0, 0.1) is 5.92 Å². The fourth-order valence-electron chi connectivity index (χ4n) is 2.30. The van der Waals surface area contributed by atoms with Crippen molar-refractivity contribution in [3.8, 4) is 0 Å². The number of halogens is 3. The SMILES string of the molecule is O=C1c2cc(C(F)(F)F)ccc2CN1CC1CC1. The number of rotatable bonds is 2. The van der Waals surface area contributed by atoms with Crippen LogP contribution in [0.2, 0.25) is 0 Å². The Bertz CT molecular complexity index is 505. The molecule has 0 aromatic heterocycles. The van der Waals surface area contributed by atoms with Gasteiger partial charge in [-0.05, 0) is 36.5 Å². The van der Waals surface area contributed by atoms with E-state index in [1.165, 1.54) is 6.07 Å². The van der Waals surface area contributed by atoms with Crippen molar-refractivity contribution in [3.63, 3.8) is 0 Å². The minimum atomic E-state index is -4.39. The summed E-state index contributed by atoms with van der Waals surface area (Å²) in [4.78, 5) is 13.7. The molecule has 0 saturated heterocycles. The zero-order valence-electron chi connectivity index (χ0n) is 9.63. The second-order valence-electron chi connectivity index (χ2n) is 5.00. The number of hydrogen-bond acceptors (Lipinski definition) is 1. The number of hydrogen-bond donors (Lipinski definition) is 0. The maximum Gasteiger partial charge on any atom is 0.416 e. The molecular weight excluding hydrogens is 243 g/mol. The number of benzene rings is 1. The molecule has 0 atom stereocenters. The van der Waals surface area contributed by atoms with Gasteiger partial charge in [0.15, 0.2) is 0 Å². The predicted octanol–water partition coefficient (Wildman–Crippen LogP) is 3.07. The van der Waals surface area contributed by atoms with Crippen molar-refractivity contribution >= 4 is 5.91 Å². The summed E-state index contributed by atoms with van der Waals surface area (Å²) in [7, 11) is 0. The van der Waals surface area contributed by atoms with Crippen LogP contribution in [-0.4, -0.2) is 17.4 Å². The van der Waals surface area contributed by atoms with E-state index in [4.69, 9.17) is 0 Å². The van der Waals surface area contributed by atoms with E-state index >= 15 is 0 Å². The van der Waals surface area contributed by atoms with Gasteiger partial charge < -0.3 is 4.90 Å². The van der Waals surface area contributed by atoms with Crippen LogP contribution in [0.1, 0.15) is 34.3 Å². The average molecular weight is 255 g/mol. The van der Waals surface area contributed by atoms with Gasteiger partial charge in [-0.15, -0.1) is 0 Å². The Morgan fingerprint density at radius 2 is 2.00 bits per heavy atom. The first-order valence-electron chi connectivity index (χ1n) is 5.94. The summed E-state index contributed by atoms with van der Waals surface area (Å²) >= 11 is 0. The zero-order chi connectivity index (χ0) is 12.9. The van der Waals surface area contributed by atoms with Crippen molar-refractivity contribution < 1.29 is 18.0 Å². The Labute approximate surface area is 102 Å². The topological polar surface area (TPSA) is 20.3 Å². The molecule has 96 valence electrons. The average Bonchev–Trinajstić information content (AvgIpc) is 3.04. The standard InChI is InChI=1S/C13H12F3NO/c14-13(15,16)10-4-3-9-7-17(6-8-1-2-8)12(18)11(9)5-10/h3-5,8H,1-2,6-7H2. The molecule has 1 aliphatic carbocycles. The molecule has 1 saturated carbocycles. The van der Waals surface area contributed by atoms with Gasteiger partial charge in [0.2, 0.25) is 0 Å². The van der Waals surface area contributed by atoms with Crippen LogP contribution in [0.25, 0.3) is 0 Å². The lowest BCUT2D eigenvalue weighted by Crippen LogP contribution is -2.26. The molecule has 1 aromatic carbocycles.